The Labute approximate surface area is 208 Å². The minimum atomic E-state index is -0.263. The van der Waals surface area contributed by atoms with Gasteiger partial charge in [0.05, 0.1) is 11.1 Å². The third-order valence-electron chi connectivity index (χ3n) is 4.98. The van der Waals surface area contributed by atoms with Crippen molar-refractivity contribution in [3.05, 3.63) is 131 Å². The molecule has 6 nitrogen and oxygen atoms in total. The molecule has 4 aromatic carbocycles. The van der Waals surface area contributed by atoms with Crippen molar-refractivity contribution in [3.63, 3.8) is 0 Å². The lowest BCUT2D eigenvalue weighted by Gasteiger charge is -1.99. The van der Waals surface area contributed by atoms with E-state index in [0.29, 0.717) is 0 Å². The molecule has 36 heavy (non-hydrogen) atoms. The molecule has 0 aromatic heterocycles. The number of para-hydroxylation sites is 2. The summed E-state index contributed by atoms with van der Waals surface area (Å²) < 4.78 is 0. The maximum atomic E-state index is 11.8. The first-order valence-electron chi connectivity index (χ1n) is 10.9. The maximum absolute atomic E-state index is 11.8. The second-order valence-corrected chi connectivity index (χ2v) is 7.61. The summed E-state index contributed by atoms with van der Waals surface area (Å²) in [6, 6.07) is 25.8. The molecule has 0 unspecified atom stereocenters. The highest BCUT2D eigenvalue weighted by Gasteiger charge is 2.07. The summed E-state index contributed by atoms with van der Waals surface area (Å²) in [5.41, 5.74) is 2.15. The molecule has 0 spiro atoms. The first-order chi connectivity index (χ1) is 17.3. The number of hydrogen-bond acceptors (Lipinski definition) is 6. The molecule has 0 radical (unpaired) electrons. The number of allylic oxidation sites excluding steroid dienone is 2. The fourth-order valence-corrected chi connectivity index (χ4v) is 3.06. The van der Waals surface area contributed by atoms with E-state index in [1.807, 2.05) is 0 Å². The van der Waals surface area contributed by atoms with Gasteiger partial charge >= 0.3 is 0 Å². The first kappa shape index (κ1) is 25.5. The summed E-state index contributed by atoms with van der Waals surface area (Å²) in [4.78, 5) is 23.6. The summed E-state index contributed by atoms with van der Waals surface area (Å²) >= 11 is 0. The number of carbonyl (C=O) groups is 2. The van der Waals surface area contributed by atoms with E-state index in [0.717, 1.165) is 11.1 Å². The van der Waals surface area contributed by atoms with Crippen LogP contribution in [0.3, 0.4) is 0 Å². The first-order valence-corrected chi connectivity index (χ1v) is 10.9. The lowest BCUT2D eigenvalue weighted by Crippen LogP contribution is -1.94. The zero-order valence-electron chi connectivity index (χ0n) is 19.2. The molecule has 0 aliphatic rings. The second-order valence-electron chi connectivity index (χ2n) is 7.61. The fraction of sp³-hybridized carbons (Fsp3) is 0. The minimum Gasteiger partial charge on any atom is -0.508 e. The predicted molar refractivity (Wildman–Crippen MR) is 139 cm³/mol. The van der Waals surface area contributed by atoms with Crippen LogP contribution < -0.4 is 0 Å². The maximum Gasteiger partial charge on any atom is 0.189 e. The van der Waals surface area contributed by atoms with E-state index < -0.39 is 0 Å². The molecule has 0 saturated carbocycles. The van der Waals surface area contributed by atoms with Crippen LogP contribution in [0.15, 0.2) is 109 Å². The quantitative estimate of drug-likeness (QED) is 0.199. The second kappa shape index (κ2) is 12.4. The van der Waals surface area contributed by atoms with Crippen molar-refractivity contribution in [1.29, 1.82) is 0 Å². The van der Waals surface area contributed by atoms with Crippen LogP contribution in [0.25, 0.3) is 12.2 Å². The van der Waals surface area contributed by atoms with Gasteiger partial charge in [-0.05, 0) is 71.8 Å². The SMILES string of the molecule is O=C(/C=C/c1ccc(O)cc1)c1ccccc1O.O=C(/C=C/c1ccc(O)cc1)c1ccccc1O. The molecule has 0 atom stereocenters. The van der Waals surface area contributed by atoms with Crippen molar-refractivity contribution in [2.75, 3.05) is 0 Å². The van der Waals surface area contributed by atoms with E-state index in [4.69, 9.17) is 10.2 Å². The number of rotatable bonds is 6. The van der Waals surface area contributed by atoms with E-state index in [1.165, 1.54) is 24.3 Å². The Balaban J connectivity index is 0.000000201. The summed E-state index contributed by atoms with van der Waals surface area (Å²) in [5.74, 6) is -0.226. The van der Waals surface area contributed by atoms with Gasteiger partial charge in [0.15, 0.2) is 11.6 Å². The highest BCUT2D eigenvalue weighted by molar-refractivity contribution is 6.09. The highest BCUT2D eigenvalue weighted by Crippen LogP contribution is 2.19. The van der Waals surface area contributed by atoms with Gasteiger partial charge in [-0.2, -0.15) is 0 Å². The number of phenolic OH excluding ortho intramolecular Hbond substituents is 4. The largest absolute Gasteiger partial charge is 0.508 e. The summed E-state index contributed by atoms with van der Waals surface area (Å²) in [7, 11) is 0. The van der Waals surface area contributed by atoms with E-state index in [9.17, 15) is 19.8 Å². The molecule has 4 N–H and O–H groups in total. The zero-order valence-corrected chi connectivity index (χ0v) is 19.2. The van der Waals surface area contributed by atoms with Crippen molar-refractivity contribution in [3.8, 4) is 23.0 Å². The van der Waals surface area contributed by atoms with E-state index >= 15 is 0 Å². The molecule has 0 bridgehead atoms. The normalized spacial score (nSPS) is 10.7. The average Bonchev–Trinajstić information content (AvgIpc) is 2.88. The molecule has 4 aromatic rings. The monoisotopic (exact) mass is 480 g/mol. The number of carbonyl (C=O) groups excluding carboxylic acids is 2. The van der Waals surface area contributed by atoms with Gasteiger partial charge in [0.25, 0.3) is 0 Å². The van der Waals surface area contributed by atoms with Crippen molar-refractivity contribution >= 4 is 23.7 Å². The van der Waals surface area contributed by atoms with Crippen LogP contribution in [0.2, 0.25) is 0 Å². The molecule has 0 amide bonds. The van der Waals surface area contributed by atoms with Gasteiger partial charge in [-0.3, -0.25) is 9.59 Å². The van der Waals surface area contributed by atoms with Gasteiger partial charge in [0.2, 0.25) is 0 Å². The Kier molecular flexibility index (Phi) is 8.78. The Morgan fingerprint density at radius 1 is 0.472 bits per heavy atom. The minimum absolute atomic E-state index is 0.0298. The molecular weight excluding hydrogens is 456 g/mol. The van der Waals surface area contributed by atoms with Gasteiger partial charge in [0.1, 0.15) is 23.0 Å². The van der Waals surface area contributed by atoms with Crippen LogP contribution >= 0.6 is 0 Å². The molecule has 0 aliphatic carbocycles. The summed E-state index contributed by atoms with van der Waals surface area (Å²) in [6.45, 7) is 0. The zero-order chi connectivity index (χ0) is 25.9. The van der Waals surface area contributed by atoms with Gasteiger partial charge < -0.3 is 20.4 Å². The molecule has 4 rings (SSSR count). The lowest BCUT2D eigenvalue weighted by atomic mass is 10.1. The van der Waals surface area contributed by atoms with E-state index in [1.54, 1.807) is 97.1 Å². The van der Waals surface area contributed by atoms with Crippen LogP contribution in [-0.4, -0.2) is 32.0 Å². The third kappa shape index (κ3) is 7.46. The average molecular weight is 481 g/mol. The van der Waals surface area contributed by atoms with Crippen molar-refractivity contribution in [1.82, 2.24) is 0 Å². The number of aromatic hydroxyl groups is 4. The number of benzene rings is 4. The van der Waals surface area contributed by atoms with E-state index in [-0.39, 0.29) is 45.7 Å². The smallest absolute Gasteiger partial charge is 0.189 e. The Hall–Kier alpha value is -5.10. The standard InChI is InChI=1S/2C15H12O3/c2*16-12-8-5-11(6-9-12)7-10-15(18)13-3-1-2-4-14(13)17/h2*1-10,16-17H/b2*10-7+. The van der Waals surface area contributed by atoms with Crippen LogP contribution in [0.1, 0.15) is 31.8 Å². The highest BCUT2D eigenvalue weighted by atomic mass is 16.3. The van der Waals surface area contributed by atoms with Gasteiger partial charge in [-0.25, -0.2) is 0 Å². The Bertz CT molecular complexity index is 1270. The van der Waals surface area contributed by atoms with Crippen molar-refractivity contribution < 1.29 is 30.0 Å². The van der Waals surface area contributed by atoms with Crippen LogP contribution in [0.5, 0.6) is 23.0 Å². The molecule has 6 heteroatoms. The predicted octanol–water partition coefficient (Wildman–Crippen LogP) is 5.99. The van der Waals surface area contributed by atoms with Crippen molar-refractivity contribution in [2.45, 2.75) is 0 Å². The fourth-order valence-electron chi connectivity index (χ4n) is 3.06. The van der Waals surface area contributed by atoms with Gasteiger partial charge in [-0.15, -0.1) is 0 Å². The van der Waals surface area contributed by atoms with Crippen LogP contribution in [0.4, 0.5) is 0 Å². The molecule has 0 saturated heterocycles. The van der Waals surface area contributed by atoms with Gasteiger partial charge in [0, 0.05) is 0 Å². The van der Waals surface area contributed by atoms with Crippen LogP contribution in [-0.2, 0) is 0 Å². The molecule has 0 aliphatic heterocycles. The van der Waals surface area contributed by atoms with Crippen molar-refractivity contribution in [2.24, 2.45) is 0 Å². The third-order valence-corrected chi connectivity index (χ3v) is 4.98. The molecular formula is C30H24O6. The lowest BCUT2D eigenvalue weighted by molar-refractivity contribution is 0.103. The molecule has 180 valence electrons. The number of ketones is 2. The topological polar surface area (TPSA) is 115 Å². The molecule has 0 heterocycles. The van der Waals surface area contributed by atoms with E-state index in [2.05, 4.69) is 0 Å². The number of hydrogen-bond donors (Lipinski definition) is 4. The summed E-state index contributed by atoms with van der Waals surface area (Å²) in [6.07, 6.45) is 6.05. The Morgan fingerprint density at radius 3 is 1.14 bits per heavy atom. The van der Waals surface area contributed by atoms with Crippen LogP contribution in [0, 0.1) is 0 Å². The number of phenols is 4. The van der Waals surface area contributed by atoms with Gasteiger partial charge in [-0.1, -0.05) is 60.7 Å². The Morgan fingerprint density at radius 2 is 0.806 bits per heavy atom. The summed E-state index contributed by atoms with van der Waals surface area (Å²) in [5, 5.41) is 37.3. The molecule has 0 fully saturated rings.